The third kappa shape index (κ3) is 4.33. The number of rotatable bonds is 4. The highest BCUT2D eigenvalue weighted by atomic mass is 32.1. The van der Waals surface area contributed by atoms with Crippen molar-refractivity contribution in [2.24, 2.45) is 5.10 Å². The fourth-order valence-electron chi connectivity index (χ4n) is 3.39. The van der Waals surface area contributed by atoms with E-state index in [2.05, 4.69) is 15.8 Å². The van der Waals surface area contributed by atoms with Crippen LogP contribution in [0, 0.1) is 0 Å². The van der Waals surface area contributed by atoms with Crippen LogP contribution in [0.15, 0.2) is 96.1 Å². The molecule has 2 N–H and O–H groups in total. The van der Waals surface area contributed by atoms with Gasteiger partial charge in [0.05, 0.1) is 12.1 Å². The van der Waals surface area contributed by atoms with Crippen molar-refractivity contribution in [2.75, 3.05) is 10.2 Å². The Bertz CT molecular complexity index is 1020. The van der Waals surface area contributed by atoms with Gasteiger partial charge < -0.3 is 5.32 Å². The van der Waals surface area contributed by atoms with Crippen LogP contribution in [0.5, 0.6) is 0 Å². The second-order valence-electron chi connectivity index (χ2n) is 6.62. The molecule has 0 saturated carbocycles. The number of thiocarbonyl (C=S) groups is 1. The fourth-order valence-corrected chi connectivity index (χ4v) is 3.56. The molecule has 144 valence electrons. The molecule has 29 heavy (non-hydrogen) atoms. The minimum atomic E-state index is -0.280. The van der Waals surface area contributed by atoms with Crippen LogP contribution in [-0.4, -0.2) is 16.7 Å². The van der Waals surface area contributed by atoms with Crippen molar-refractivity contribution >= 4 is 40.3 Å². The molecule has 1 unspecified atom stereocenters. The maximum absolute atomic E-state index is 12.9. The highest BCUT2D eigenvalue weighted by Gasteiger charge is 2.38. The average Bonchev–Trinajstić information content (AvgIpc) is 3.10. The second kappa shape index (κ2) is 8.67. The van der Waals surface area contributed by atoms with Gasteiger partial charge in [-0.3, -0.25) is 15.1 Å². The summed E-state index contributed by atoms with van der Waals surface area (Å²) in [5.74, 6) is 0.00698. The van der Waals surface area contributed by atoms with Gasteiger partial charge in [-0.2, -0.15) is 5.10 Å². The lowest BCUT2D eigenvalue weighted by atomic mass is 10.0. The molecule has 1 fully saturated rings. The van der Waals surface area contributed by atoms with E-state index in [9.17, 15) is 4.79 Å². The number of nitrogens with one attached hydrogen (secondary N) is 2. The van der Waals surface area contributed by atoms with Crippen molar-refractivity contribution in [3.8, 4) is 0 Å². The normalized spacial score (nSPS) is 17.4. The predicted octanol–water partition coefficient (Wildman–Crippen LogP) is 4.51. The molecule has 5 nitrogen and oxygen atoms in total. The number of benzene rings is 3. The van der Waals surface area contributed by atoms with E-state index in [0.717, 1.165) is 22.6 Å². The summed E-state index contributed by atoms with van der Waals surface area (Å²) < 4.78 is 0. The summed E-state index contributed by atoms with van der Waals surface area (Å²) in [4.78, 5) is 14.7. The Labute approximate surface area is 175 Å². The Morgan fingerprint density at radius 3 is 2.14 bits per heavy atom. The quantitative estimate of drug-likeness (QED) is 0.500. The van der Waals surface area contributed by atoms with E-state index in [0.29, 0.717) is 5.11 Å². The number of carbonyl (C=O) groups excluding carboxylic acids is 1. The second-order valence-corrected chi connectivity index (χ2v) is 7.03. The van der Waals surface area contributed by atoms with E-state index in [-0.39, 0.29) is 18.4 Å². The van der Waals surface area contributed by atoms with Gasteiger partial charge in [0.25, 0.3) is 0 Å². The predicted molar refractivity (Wildman–Crippen MR) is 121 cm³/mol. The molecule has 1 aliphatic rings. The van der Waals surface area contributed by atoms with E-state index in [4.69, 9.17) is 12.2 Å². The van der Waals surface area contributed by atoms with Crippen LogP contribution in [-0.2, 0) is 4.79 Å². The van der Waals surface area contributed by atoms with Gasteiger partial charge in [-0.05, 0) is 42.0 Å². The molecular formula is C23H20N4OS. The number of amides is 1. The van der Waals surface area contributed by atoms with Crippen molar-refractivity contribution in [1.82, 2.24) is 5.43 Å². The van der Waals surface area contributed by atoms with Crippen molar-refractivity contribution in [1.29, 1.82) is 0 Å². The van der Waals surface area contributed by atoms with Crippen molar-refractivity contribution in [3.63, 3.8) is 0 Å². The molecular weight excluding hydrogens is 380 g/mol. The Morgan fingerprint density at radius 1 is 0.897 bits per heavy atom. The lowest BCUT2D eigenvalue weighted by Crippen LogP contribution is -2.30. The number of hydrazone groups is 1. The van der Waals surface area contributed by atoms with Crippen LogP contribution in [0.3, 0.4) is 0 Å². The first kappa shape index (κ1) is 18.8. The Hall–Kier alpha value is -3.51. The molecule has 1 amide bonds. The van der Waals surface area contributed by atoms with Gasteiger partial charge in [-0.15, -0.1) is 0 Å². The van der Waals surface area contributed by atoms with Crippen molar-refractivity contribution in [2.45, 2.75) is 12.5 Å². The molecule has 4 rings (SSSR count). The Morgan fingerprint density at radius 2 is 1.48 bits per heavy atom. The first-order valence-electron chi connectivity index (χ1n) is 9.33. The number of hydrogen-bond acceptors (Lipinski definition) is 3. The third-order valence-electron chi connectivity index (χ3n) is 4.66. The largest absolute Gasteiger partial charge is 0.331 e. The zero-order valence-electron chi connectivity index (χ0n) is 15.7. The van der Waals surface area contributed by atoms with Crippen LogP contribution in [0.25, 0.3) is 0 Å². The van der Waals surface area contributed by atoms with Crippen molar-refractivity contribution < 1.29 is 4.79 Å². The highest BCUT2D eigenvalue weighted by molar-refractivity contribution is 7.80. The summed E-state index contributed by atoms with van der Waals surface area (Å²) in [6, 6.07) is 28.9. The summed E-state index contributed by atoms with van der Waals surface area (Å²) in [5, 5.41) is 7.97. The summed E-state index contributed by atoms with van der Waals surface area (Å²) in [7, 11) is 0. The van der Waals surface area contributed by atoms with E-state index in [1.54, 1.807) is 4.90 Å². The van der Waals surface area contributed by atoms with Crippen LogP contribution in [0.1, 0.15) is 18.0 Å². The summed E-state index contributed by atoms with van der Waals surface area (Å²) in [6.45, 7) is 0. The van der Waals surface area contributed by atoms with E-state index >= 15 is 0 Å². The summed E-state index contributed by atoms with van der Waals surface area (Å²) >= 11 is 5.35. The molecule has 1 heterocycles. The number of para-hydroxylation sites is 2. The molecule has 0 spiro atoms. The zero-order chi connectivity index (χ0) is 20.1. The highest BCUT2D eigenvalue weighted by Crippen LogP contribution is 2.35. The van der Waals surface area contributed by atoms with Gasteiger partial charge in [-0.25, -0.2) is 0 Å². The number of hydrogen-bond donors (Lipinski definition) is 2. The first-order chi connectivity index (χ1) is 14.2. The van der Waals surface area contributed by atoms with Gasteiger partial charge in [0.1, 0.15) is 6.04 Å². The van der Waals surface area contributed by atoms with Crippen LogP contribution < -0.4 is 15.6 Å². The maximum Gasteiger partial charge on any atom is 0.233 e. The zero-order valence-corrected chi connectivity index (χ0v) is 16.5. The molecule has 0 aliphatic carbocycles. The molecule has 1 atom stereocenters. The van der Waals surface area contributed by atoms with Crippen molar-refractivity contribution in [3.05, 3.63) is 96.6 Å². The summed E-state index contributed by atoms with van der Waals surface area (Å²) in [6.07, 6.45) is 0.232. The number of nitrogens with zero attached hydrogens (tertiary/aromatic N) is 2. The Balaban J connectivity index is 1.60. The molecule has 0 radical (unpaired) electrons. The lowest BCUT2D eigenvalue weighted by molar-refractivity contribution is -0.116. The van der Waals surface area contributed by atoms with Crippen LogP contribution in [0.2, 0.25) is 0 Å². The molecule has 3 aromatic rings. The topological polar surface area (TPSA) is 56.7 Å². The van der Waals surface area contributed by atoms with Crippen LogP contribution >= 0.6 is 12.2 Å². The van der Waals surface area contributed by atoms with Gasteiger partial charge in [0.15, 0.2) is 5.11 Å². The number of carbonyl (C=O) groups is 1. The SMILES string of the molecule is O=C1C/C(=N\NC(=S)Nc2ccccc2)C(c2ccccc2)N1c1ccccc1. The monoisotopic (exact) mass is 400 g/mol. The van der Waals surface area contributed by atoms with Gasteiger partial charge in [0, 0.05) is 11.4 Å². The third-order valence-corrected chi connectivity index (χ3v) is 4.85. The maximum atomic E-state index is 12.9. The van der Waals surface area contributed by atoms with E-state index in [1.165, 1.54) is 0 Å². The van der Waals surface area contributed by atoms with Gasteiger partial charge >= 0.3 is 0 Å². The number of anilines is 2. The minimum absolute atomic E-state index is 0.00698. The molecule has 0 bridgehead atoms. The molecule has 3 aromatic carbocycles. The molecule has 1 aliphatic heterocycles. The van der Waals surface area contributed by atoms with E-state index in [1.807, 2.05) is 91.0 Å². The molecule has 1 saturated heterocycles. The fraction of sp³-hybridized carbons (Fsp3) is 0.0870. The Kier molecular flexibility index (Phi) is 5.63. The standard InChI is InChI=1S/C23H20N4OS/c28-21-16-20(25-26-23(29)24-18-12-6-2-7-13-18)22(17-10-4-1-5-11-17)27(21)19-14-8-3-9-15-19/h1-15,22H,16H2,(H2,24,26,29)/b25-20+. The van der Waals surface area contributed by atoms with Gasteiger partial charge in [-0.1, -0.05) is 66.7 Å². The average molecular weight is 401 g/mol. The first-order valence-corrected chi connectivity index (χ1v) is 9.74. The van der Waals surface area contributed by atoms with Gasteiger partial charge in [0.2, 0.25) is 5.91 Å². The summed E-state index contributed by atoms with van der Waals surface area (Å²) in [5.41, 5.74) is 6.35. The van der Waals surface area contributed by atoms with Crippen LogP contribution in [0.4, 0.5) is 11.4 Å². The lowest BCUT2D eigenvalue weighted by Gasteiger charge is -2.25. The molecule has 6 heteroatoms. The molecule has 0 aromatic heterocycles. The smallest absolute Gasteiger partial charge is 0.233 e. The minimum Gasteiger partial charge on any atom is -0.331 e. The van der Waals surface area contributed by atoms with E-state index < -0.39 is 0 Å².